The van der Waals surface area contributed by atoms with Gasteiger partial charge in [0.1, 0.15) is 5.75 Å². The largest absolute Gasteiger partial charge is 0.497 e. The van der Waals surface area contributed by atoms with E-state index in [0.717, 1.165) is 37.6 Å². The van der Waals surface area contributed by atoms with Crippen LogP contribution in [0.2, 0.25) is 0 Å². The van der Waals surface area contributed by atoms with Crippen molar-refractivity contribution < 1.29 is 9.53 Å². The van der Waals surface area contributed by atoms with Gasteiger partial charge in [0, 0.05) is 31.9 Å². The molecule has 0 radical (unpaired) electrons. The highest BCUT2D eigenvalue weighted by Crippen LogP contribution is 2.21. The number of anilines is 1. The standard InChI is InChI=1S/C16H25N3O2/c1-4-16(2,17)15(20)19-11-9-18(10-12-19)13-5-7-14(21-3)8-6-13/h5-8H,4,9-12,17H2,1-3H3. The van der Waals surface area contributed by atoms with Gasteiger partial charge in [-0.25, -0.2) is 0 Å². The monoisotopic (exact) mass is 291 g/mol. The van der Waals surface area contributed by atoms with Gasteiger partial charge in [0.25, 0.3) is 0 Å². The molecule has 1 atom stereocenters. The number of piperazine rings is 1. The molecule has 1 aromatic carbocycles. The molecule has 2 N–H and O–H groups in total. The third-order valence-corrected chi connectivity index (χ3v) is 4.23. The molecular formula is C16H25N3O2. The SMILES string of the molecule is CCC(C)(N)C(=O)N1CCN(c2ccc(OC)cc2)CC1. The molecule has 0 aliphatic carbocycles. The van der Waals surface area contributed by atoms with E-state index in [1.807, 2.05) is 30.9 Å². The number of amides is 1. The Morgan fingerprint density at radius 2 is 1.81 bits per heavy atom. The Hall–Kier alpha value is -1.75. The normalized spacial score (nSPS) is 18.3. The molecule has 116 valence electrons. The first-order valence-electron chi connectivity index (χ1n) is 7.45. The van der Waals surface area contributed by atoms with E-state index in [2.05, 4.69) is 17.0 Å². The van der Waals surface area contributed by atoms with Gasteiger partial charge in [-0.3, -0.25) is 4.79 Å². The smallest absolute Gasteiger partial charge is 0.242 e. The lowest BCUT2D eigenvalue weighted by Crippen LogP contribution is -2.58. The molecule has 1 heterocycles. The summed E-state index contributed by atoms with van der Waals surface area (Å²) in [6.07, 6.45) is 0.657. The van der Waals surface area contributed by atoms with Crippen LogP contribution in [0.25, 0.3) is 0 Å². The predicted molar refractivity (Wildman–Crippen MR) is 84.7 cm³/mol. The summed E-state index contributed by atoms with van der Waals surface area (Å²) in [4.78, 5) is 16.5. The van der Waals surface area contributed by atoms with E-state index in [0.29, 0.717) is 6.42 Å². The number of rotatable bonds is 4. The number of ether oxygens (including phenoxy) is 1. The summed E-state index contributed by atoms with van der Waals surface area (Å²) < 4.78 is 5.17. The summed E-state index contributed by atoms with van der Waals surface area (Å²) in [6, 6.07) is 8.02. The first kappa shape index (κ1) is 15.6. The van der Waals surface area contributed by atoms with Crippen LogP contribution in [0.15, 0.2) is 24.3 Å². The molecule has 21 heavy (non-hydrogen) atoms. The van der Waals surface area contributed by atoms with Crippen molar-refractivity contribution in [2.75, 3.05) is 38.2 Å². The van der Waals surface area contributed by atoms with Gasteiger partial charge in [-0.1, -0.05) is 6.92 Å². The lowest BCUT2D eigenvalue weighted by atomic mass is 9.98. The third-order valence-electron chi connectivity index (χ3n) is 4.23. The van der Waals surface area contributed by atoms with Crippen LogP contribution in [0.1, 0.15) is 20.3 Å². The van der Waals surface area contributed by atoms with Crippen molar-refractivity contribution in [3.05, 3.63) is 24.3 Å². The van der Waals surface area contributed by atoms with Gasteiger partial charge < -0.3 is 20.3 Å². The van der Waals surface area contributed by atoms with Crippen LogP contribution in [0.3, 0.4) is 0 Å². The molecule has 5 nitrogen and oxygen atoms in total. The number of carbonyl (C=O) groups excluding carboxylic acids is 1. The Labute approximate surface area is 126 Å². The molecule has 1 aliphatic rings. The van der Waals surface area contributed by atoms with E-state index in [9.17, 15) is 4.79 Å². The lowest BCUT2D eigenvalue weighted by molar-refractivity contribution is -0.136. The number of methoxy groups -OCH3 is 1. The quantitative estimate of drug-likeness (QED) is 0.912. The average molecular weight is 291 g/mol. The fourth-order valence-electron chi connectivity index (χ4n) is 2.47. The molecule has 1 aromatic rings. The van der Waals surface area contributed by atoms with Crippen molar-refractivity contribution in [1.82, 2.24) is 4.90 Å². The molecule has 0 bridgehead atoms. The highest BCUT2D eigenvalue weighted by Gasteiger charge is 2.32. The van der Waals surface area contributed by atoms with Crippen molar-refractivity contribution in [1.29, 1.82) is 0 Å². The van der Waals surface area contributed by atoms with Crippen LogP contribution < -0.4 is 15.4 Å². The summed E-state index contributed by atoms with van der Waals surface area (Å²) in [6.45, 7) is 6.86. The number of hydrogen-bond donors (Lipinski definition) is 1. The summed E-state index contributed by atoms with van der Waals surface area (Å²) in [5.74, 6) is 0.911. The maximum atomic E-state index is 12.3. The number of hydrogen-bond acceptors (Lipinski definition) is 4. The second kappa shape index (κ2) is 6.35. The molecule has 5 heteroatoms. The Morgan fingerprint density at radius 3 is 2.29 bits per heavy atom. The van der Waals surface area contributed by atoms with Crippen LogP contribution in [0.5, 0.6) is 5.75 Å². The lowest BCUT2D eigenvalue weighted by Gasteiger charge is -2.39. The zero-order chi connectivity index (χ0) is 15.5. The van der Waals surface area contributed by atoms with Gasteiger partial charge >= 0.3 is 0 Å². The topological polar surface area (TPSA) is 58.8 Å². The molecule has 2 rings (SSSR count). The highest BCUT2D eigenvalue weighted by atomic mass is 16.5. The van der Waals surface area contributed by atoms with E-state index in [4.69, 9.17) is 10.5 Å². The first-order chi connectivity index (χ1) is 9.97. The van der Waals surface area contributed by atoms with Crippen molar-refractivity contribution in [2.24, 2.45) is 5.73 Å². The predicted octanol–water partition coefficient (Wildman–Crippen LogP) is 1.47. The number of nitrogens with two attached hydrogens (primary N) is 1. The minimum Gasteiger partial charge on any atom is -0.497 e. The highest BCUT2D eigenvalue weighted by molar-refractivity contribution is 5.85. The van der Waals surface area contributed by atoms with E-state index >= 15 is 0 Å². The van der Waals surface area contributed by atoms with Crippen molar-refractivity contribution in [3.8, 4) is 5.75 Å². The second-order valence-electron chi connectivity index (χ2n) is 5.75. The van der Waals surface area contributed by atoms with Gasteiger partial charge in [0.05, 0.1) is 12.6 Å². The molecular weight excluding hydrogens is 266 g/mol. The minimum atomic E-state index is -0.748. The van der Waals surface area contributed by atoms with E-state index in [1.54, 1.807) is 7.11 Å². The molecule has 1 aliphatic heterocycles. The van der Waals surface area contributed by atoms with E-state index < -0.39 is 5.54 Å². The summed E-state index contributed by atoms with van der Waals surface area (Å²) in [5.41, 5.74) is 6.46. The van der Waals surface area contributed by atoms with Gasteiger partial charge in [0.15, 0.2) is 0 Å². The maximum Gasteiger partial charge on any atom is 0.242 e. The number of nitrogens with zero attached hydrogens (tertiary/aromatic N) is 2. The van der Waals surface area contributed by atoms with Gasteiger partial charge in [-0.15, -0.1) is 0 Å². The Bertz CT molecular complexity index is 477. The Morgan fingerprint density at radius 1 is 1.24 bits per heavy atom. The van der Waals surface area contributed by atoms with Crippen LogP contribution in [-0.4, -0.2) is 49.6 Å². The number of benzene rings is 1. The third kappa shape index (κ3) is 3.47. The van der Waals surface area contributed by atoms with Crippen LogP contribution in [0, 0.1) is 0 Å². The molecule has 1 unspecified atom stereocenters. The summed E-state index contributed by atoms with van der Waals surface area (Å²) in [7, 11) is 1.66. The average Bonchev–Trinajstić information content (AvgIpc) is 2.54. The fraction of sp³-hybridized carbons (Fsp3) is 0.562. The van der Waals surface area contributed by atoms with Crippen molar-refractivity contribution in [2.45, 2.75) is 25.8 Å². The van der Waals surface area contributed by atoms with Crippen molar-refractivity contribution in [3.63, 3.8) is 0 Å². The zero-order valence-electron chi connectivity index (χ0n) is 13.1. The van der Waals surface area contributed by atoms with E-state index in [-0.39, 0.29) is 5.91 Å². The van der Waals surface area contributed by atoms with Crippen LogP contribution >= 0.6 is 0 Å². The molecule has 1 saturated heterocycles. The first-order valence-corrected chi connectivity index (χ1v) is 7.45. The van der Waals surface area contributed by atoms with Gasteiger partial charge in [0.2, 0.25) is 5.91 Å². The van der Waals surface area contributed by atoms with Crippen LogP contribution in [-0.2, 0) is 4.79 Å². The minimum absolute atomic E-state index is 0.0550. The van der Waals surface area contributed by atoms with E-state index in [1.165, 1.54) is 0 Å². The number of carbonyl (C=O) groups is 1. The zero-order valence-corrected chi connectivity index (χ0v) is 13.1. The fourth-order valence-corrected chi connectivity index (χ4v) is 2.47. The molecule has 1 amide bonds. The molecule has 0 saturated carbocycles. The second-order valence-corrected chi connectivity index (χ2v) is 5.75. The Balaban J connectivity index is 1.95. The summed E-state index contributed by atoms with van der Waals surface area (Å²) >= 11 is 0. The summed E-state index contributed by atoms with van der Waals surface area (Å²) in [5, 5.41) is 0. The Kier molecular flexibility index (Phi) is 4.73. The van der Waals surface area contributed by atoms with Crippen LogP contribution in [0.4, 0.5) is 5.69 Å². The molecule has 0 aromatic heterocycles. The molecule has 0 spiro atoms. The van der Waals surface area contributed by atoms with Gasteiger partial charge in [-0.05, 0) is 37.6 Å². The molecule has 1 fully saturated rings. The van der Waals surface area contributed by atoms with Gasteiger partial charge in [-0.2, -0.15) is 0 Å². The maximum absolute atomic E-state index is 12.3. The van der Waals surface area contributed by atoms with Crippen molar-refractivity contribution >= 4 is 11.6 Å².